The highest BCUT2D eigenvalue weighted by Crippen LogP contribution is 2.36. The van der Waals surface area contributed by atoms with E-state index in [4.69, 9.17) is 16.2 Å². The van der Waals surface area contributed by atoms with Crippen molar-refractivity contribution in [1.82, 2.24) is 34.8 Å². The number of fused-ring (bicyclic) bond motifs is 1. The summed E-state index contributed by atoms with van der Waals surface area (Å²) < 4.78 is 7.18. The van der Waals surface area contributed by atoms with Crippen molar-refractivity contribution in [2.45, 2.75) is 6.92 Å². The molecule has 11 heteroatoms. The molecule has 0 unspecified atom stereocenters. The van der Waals surface area contributed by atoms with Crippen LogP contribution in [0.2, 0.25) is 0 Å². The van der Waals surface area contributed by atoms with Crippen molar-refractivity contribution in [2.75, 3.05) is 42.7 Å². The molecule has 0 spiro atoms. The molecular weight excluding hydrogens is 372 g/mol. The first kappa shape index (κ1) is 17.4. The van der Waals surface area contributed by atoms with Crippen LogP contribution in [0.1, 0.15) is 5.82 Å². The van der Waals surface area contributed by atoms with Crippen LogP contribution in [-0.4, -0.2) is 61.1 Å². The molecule has 1 aliphatic heterocycles. The van der Waals surface area contributed by atoms with Crippen LogP contribution in [0.5, 0.6) is 0 Å². The van der Waals surface area contributed by atoms with Gasteiger partial charge < -0.3 is 21.1 Å². The van der Waals surface area contributed by atoms with Gasteiger partial charge in [-0.05, 0) is 13.0 Å². The summed E-state index contributed by atoms with van der Waals surface area (Å²) in [6.45, 7) is 4.64. The summed E-state index contributed by atoms with van der Waals surface area (Å²) >= 11 is 0. The lowest BCUT2D eigenvalue weighted by Gasteiger charge is -2.30. The maximum absolute atomic E-state index is 6.30. The van der Waals surface area contributed by atoms with Crippen LogP contribution in [0.15, 0.2) is 24.5 Å². The minimum absolute atomic E-state index is 0.315. The lowest BCUT2D eigenvalue weighted by molar-refractivity contribution is 0.122. The third-order valence-corrected chi connectivity index (χ3v) is 4.88. The molecule has 5 N–H and O–H groups in total. The number of nitrogens with two attached hydrogens (primary N) is 2. The summed E-state index contributed by atoms with van der Waals surface area (Å²) in [5, 5.41) is 11.8. The van der Waals surface area contributed by atoms with E-state index in [0.29, 0.717) is 47.7 Å². The highest BCUT2D eigenvalue weighted by Gasteiger charge is 2.24. The minimum Gasteiger partial charge on any atom is -0.384 e. The topological polar surface area (TPSA) is 149 Å². The van der Waals surface area contributed by atoms with Crippen LogP contribution in [0.3, 0.4) is 0 Å². The zero-order valence-corrected chi connectivity index (χ0v) is 15.8. The fourth-order valence-electron chi connectivity index (χ4n) is 3.64. The molecule has 5 rings (SSSR count). The summed E-state index contributed by atoms with van der Waals surface area (Å²) in [6.07, 6.45) is 3.52. The number of imidazole rings is 1. The summed E-state index contributed by atoms with van der Waals surface area (Å²) in [6, 6.07) is 3.57. The molecule has 11 nitrogen and oxygen atoms in total. The molecule has 148 valence electrons. The molecule has 5 heterocycles. The van der Waals surface area contributed by atoms with Crippen molar-refractivity contribution in [3.63, 3.8) is 0 Å². The number of H-pyrrole nitrogens is 1. The normalized spacial score (nSPS) is 14.6. The van der Waals surface area contributed by atoms with Crippen molar-refractivity contribution in [3.05, 3.63) is 30.4 Å². The number of aromatic nitrogens is 7. The predicted octanol–water partition coefficient (Wildman–Crippen LogP) is 0.886. The van der Waals surface area contributed by atoms with Crippen molar-refractivity contribution in [3.8, 4) is 22.6 Å². The second kappa shape index (κ2) is 6.71. The molecule has 1 aliphatic rings. The first-order valence-electron chi connectivity index (χ1n) is 9.23. The first-order chi connectivity index (χ1) is 14.1. The second-order valence-corrected chi connectivity index (χ2v) is 6.78. The molecule has 0 radical (unpaired) electrons. The number of nitrogens with zero attached hydrogens (tertiary/aromatic N) is 7. The number of ether oxygens (including phenoxy) is 1. The fraction of sp³-hybridized carbons (Fsp3) is 0.278. The van der Waals surface area contributed by atoms with Gasteiger partial charge in [0.25, 0.3) is 0 Å². The van der Waals surface area contributed by atoms with Gasteiger partial charge in [-0.1, -0.05) is 0 Å². The summed E-state index contributed by atoms with van der Waals surface area (Å²) in [7, 11) is 0. The third-order valence-electron chi connectivity index (χ3n) is 4.88. The minimum atomic E-state index is 0.315. The Bertz CT molecular complexity index is 1160. The highest BCUT2D eigenvalue weighted by atomic mass is 16.5. The highest BCUT2D eigenvalue weighted by molar-refractivity contribution is 5.90. The van der Waals surface area contributed by atoms with E-state index < -0.39 is 0 Å². The van der Waals surface area contributed by atoms with E-state index in [1.54, 1.807) is 23.7 Å². The maximum Gasteiger partial charge on any atom is 0.168 e. The van der Waals surface area contributed by atoms with Crippen LogP contribution in [0.25, 0.3) is 28.3 Å². The summed E-state index contributed by atoms with van der Waals surface area (Å²) in [4.78, 5) is 15.5. The van der Waals surface area contributed by atoms with E-state index in [9.17, 15) is 0 Å². The van der Waals surface area contributed by atoms with Gasteiger partial charge in [0, 0.05) is 25.4 Å². The lowest BCUT2D eigenvalue weighted by Crippen LogP contribution is -2.36. The maximum atomic E-state index is 6.30. The van der Waals surface area contributed by atoms with E-state index in [-0.39, 0.29) is 0 Å². The Morgan fingerprint density at radius 3 is 2.69 bits per heavy atom. The van der Waals surface area contributed by atoms with Gasteiger partial charge in [-0.15, -0.1) is 0 Å². The molecule has 4 aromatic rings. The van der Waals surface area contributed by atoms with E-state index in [0.717, 1.165) is 30.0 Å². The second-order valence-electron chi connectivity index (χ2n) is 6.78. The smallest absolute Gasteiger partial charge is 0.168 e. The number of nitrogens with one attached hydrogen (secondary N) is 1. The number of rotatable bonds is 3. The Labute approximate surface area is 165 Å². The van der Waals surface area contributed by atoms with Gasteiger partial charge in [-0.3, -0.25) is 5.10 Å². The molecule has 1 saturated heterocycles. The SMILES string of the molecule is Cc1nc(N)cc(-c2c(N)nc3c(-c4ccn[nH]4)c(N4CCOCC4)cnn23)n1. The predicted molar refractivity (Wildman–Crippen MR) is 108 cm³/mol. The van der Waals surface area contributed by atoms with Gasteiger partial charge in [0.15, 0.2) is 11.5 Å². The standard InChI is InChI=1S/C18H20N10O/c1-10-23-12(8-14(19)24-10)16-17(20)25-18-15(11-2-3-21-26-11)13(9-22-28(16)18)27-4-6-29-7-5-27/h2-3,8-9H,4-7,20H2,1H3,(H,21,26)(H2,19,23,24). The zero-order chi connectivity index (χ0) is 20.0. The Kier molecular flexibility index (Phi) is 4.02. The van der Waals surface area contributed by atoms with Crippen LogP contribution >= 0.6 is 0 Å². The number of aryl methyl sites for hydroxylation is 1. The van der Waals surface area contributed by atoms with E-state index in [1.807, 2.05) is 12.3 Å². The molecule has 0 atom stereocenters. The quantitative estimate of drug-likeness (QED) is 0.462. The van der Waals surface area contributed by atoms with E-state index in [2.05, 4.69) is 35.1 Å². The number of aromatic amines is 1. The monoisotopic (exact) mass is 392 g/mol. The van der Waals surface area contributed by atoms with Crippen molar-refractivity contribution in [1.29, 1.82) is 0 Å². The van der Waals surface area contributed by atoms with Crippen LogP contribution in [-0.2, 0) is 4.74 Å². The molecule has 1 fully saturated rings. The fourth-order valence-corrected chi connectivity index (χ4v) is 3.64. The zero-order valence-electron chi connectivity index (χ0n) is 15.8. The number of anilines is 3. The summed E-state index contributed by atoms with van der Waals surface area (Å²) in [5.41, 5.74) is 16.6. The molecule has 0 amide bonds. The average molecular weight is 392 g/mol. The molecule has 0 aromatic carbocycles. The molecule has 0 saturated carbocycles. The lowest BCUT2D eigenvalue weighted by atomic mass is 10.1. The molecular formula is C18H20N10O. The van der Waals surface area contributed by atoms with Gasteiger partial charge in [0.1, 0.15) is 17.3 Å². The molecule has 29 heavy (non-hydrogen) atoms. The molecule has 0 aliphatic carbocycles. The number of hydrogen-bond acceptors (Lipinski definition) is 9. The first-order valence-corrected chi connectivity index (χ1v) is 9.23. The van der Waals surface area contributed by atoms with Gasteiger partial charge in [-0.25, -0.2) is 19.5 Å². The number of nitrogen functional groups attached to an aromatic ring is 2. The number of hydrogen-bond donors (Lipinski definition) is 3. The Hall–Kier alpha value is -3.73. The Morgan fingerprint density at radius 2 is 1.97 bits per heavy atom. The van der Waals surface area contributed by atoms with Crippen molar-refractivity contribution in [2.24, 2.45) is 0 Å². The van der Waals surface area contributed by atoms with Crippen LogP contribution in [0.4, 0.5) is 17.3 Å². The third kappa shape index (κ3) is 2.91. The van der Waals surface area contributed by atoms with Crippen molar-refractivity contribution >= 4 is 23.0 Å². The van der Waals surface area contributed by atoms with Crippen molar-refractivity contribution < 1.29 is 4.74 Å². The van der Waals surface area contributed by atoms with Crippen LogP contribution in [0, 0.1) is 6.92 Å². The molecule has 4 aromatic heterocycles. The van der Waals surface area contributed by atoms with Gasteiger partial charge in [-0.2, -0.15) is 10.2 Å². The average Bonchev–Trinajstić information content (AvgIpc) is 3.34. The molecule has 0 bridgehead atoms. The van der Waals surface area contributed by atoms with Gasteiger partial charge in [0.05, 0.1) is 42.0 Å². The van der Waals surface area contributed by atoms with E-state index >= 15 is 0 Å². The van der Waals surface area contributed by atoms with Crippen LogP contribution < -0.4 is 16.4 Å². The Morgan fingerprint density at radius 1 is 1.14 bits per heavy atom. The van der Waals surface area contributed by atoms with Gasteiger partial charge >= 0.3 is 0 Å². The summed E-state index contributed by atoms with van der Waals surface area (Å²) in [5.74, 6) is 1.23. The van der Waals surface area contributed by atoms with E-state index in [1.165, 1.54) is 0 Å². The Balaban J connectivity index is 1.77. The largest absolute Gasteiger partial charge is 0.384 e. The van der Waals surface area contributed by atoms with Gasteiger partial charge in [0.2, 0.25) is 0 Å². The number of morpholine rings is 1.